The Morgan fingerprint density at radius 3 is 2.32 bits per heavy atom. The van der Waals surface area contributed by atoms with Gasteiger partial charge in [-0.3, -0.25) is 5.09 Å². The first-order chi connectivity index (χ1) is 9.12. The molecule has 0 saturated carbocycles. The molecule has 2 aromatic rings. The summed E-state index contributed by atoms with van der Waals surface area (Å²) in [5.41, 5.74) is 1.19. The lowest BCUT2D eigenvalue weighted by Gasteiger charge is -2.30. The lowest BCUT2D eigenvalue weighted by atomic mass is 10.2. The van der Waals surface area contributed by atoms with Crippen molar-refractivity contribution >= 4 is 34.8 Å². The van der Waals surface area contributed by atoms with Gasteiger partial charge < -0.3 is 17.0 Å². The molecule has 0 aromatic heterocycles. The van der Waals surface area contributed by atoms with Crippen LogP contribution in [0, 0.1) is 0 Å². The first-order valence-corrected chi connectivity index (χ1v) is 9.68. The summed E-state index contributed by atoms with van der Waals surface area (Å²) in [5.74, 6) is 0.816. The fraction of sp³-hybridized carbons (Fsp3) is 0.143. The second kappa shape index (κ2) is 6.58. The minimum absolute atomic E-state index is 0.702. The van der Waals surface area contributed by atoms with Gasteiger partial charge in [0.1, 0.15) is 5.75 Å². The Labute approximate surface area is 124 Å². The number of rotatable bonds is 5. The molecule has 0 spiro atoms. The van der Waals surface area contributed by atoms with E-state index < -0.39 is 5.39 Å². The minimum atomic E-state index is -2.13. The smallest absolute Gasteiger partial charge is 0.118 e. The van der Waals surface area contributed by atoms with E-state index >= 15 is 0 Å². The van der Waals surface area contributed by atoms with Crippen LogP contribution in [0.4, 0.5) is 0 Å². The fourth-order valence-corrected chi connectivity index (χ4v) is 3.89. The molecular weight excluding hydrogens is 293 g/mol. The van der Waals surface area contributed by atoms with Crippen LogP contribution in [0.5, 0.6) is 5.75 Å². The molecule has 0 fully saturated rings. The highest BCUT2D eigenvalue weighted by Gasteiger charge is 2.04. The minimum Gasteiger partial charge on any atom is -0.727 e. The van der Waals surface area contributed by atoms with E-state index in [0.717, 1.165) is 11.1 Å². The molecule has 2 rings (SSSR count). The molecule has 0 radical (unpaired) electrons. The molecule has 0 bridgehead atoms. The molecule has 19 heavy (non-hydrogen) atoms. The van der Waals surface area contributed by atoms with Gasteiger partial charge in [0, 0.05) is 6.54 Å². The van der Waals surface area contributed by atoms with Crippen molar-refractivity contribution in [2.24, 2.45) is 0 Å². The van der Waals surface area contributed by atoms with Crippen molar-refractivity contribution in [2.75, 3.05) is 7.11 Å². The van der Waals surface area contributed by atoms with Crippen molar-refractivity contribution in [3.05, 3.63) is 60.2 Å². The van der Waals surface area contributed by atoms with Crippen molar-refractivity contribution in [3.63, 3.8) is 0 Å². The summed E-state index contributed by atoms with van der Waals surface area (Å²) >= 11 is 11.1. The van der Waals surface area contributed by atoms with Crippen LogP contribution in [0.3, 0.4) is 0 Å². The molecule has 1 unspecified atom stereocenters. The quantitative estimate of drug-likeness (QED) is 0.677. The predicted molar refractivity (Wildman–Crippen MR) is 87.6 cm³/mol. The third-order valence-corrected chi connectivity index (χ3v) is 6.34. The lowest BCUT2D eigenvalue weighted by molar-refractivity contribution is 0.415. The summed E-state index contributed by atoms with van der Waals surface area (Å²) in [6.45, 7) is 0.702. The van der Waals surface area contributed by atoms with E-state index in [9.17, 15) is 0 Å². The Bertz CT molecular complexity index is 572. The first-order valence-electron chi connectivity index (χ1n) is 5.86. The van der Waals surface area contributed by atoms with Crippen LogP contribution in [-0.4, -0.2) is 7.11 Å². The van der Waals surface area contributed by atoms with Crippen LogP contribution < -0.4 is 15.1 Å². The summed E-state index contributed by atoms with van der Waals surface area (Å²) in [6, 6.07) is 17.8. The number of hydrogen-bond acceptors (Lipinski definition) is 3. The van der Waals surface area contributed by atoms with E-state index in [2.05, 4.69) is 17.2 Å². The maximum atomic E-state index is 5.56. The lowest BCUT2D eigenvalue weighted by Crippen LogP contribution is -2.17. The van der Waals surface area contributed by atoms with Crippen LogP contribution in [-0.2, 0) is 30.6 Å². The Kier molecular flexibility index (Phi) is 5.06. The average molecular weight is 308 g/mol. The van der Waals surface area contributed by atoms with Gasteiger partial charge in [-0.1, -0.05) is 47.9 Å². The standard InChI is InChI=1S/C14H16NOPS2/c1-16-13-7-9-14(10-8-13)17(18,19)15-11-12-5-3-2-4-6-12/h2-10H,11H2,1H3,(H2,15,18,19)/p-1. The van der Waals surface area contributed by atoms with Gasteiger partial charge in [-0.2, -0.15) is 0 Å². The molecule has 1 N–H and O–H groups in total. The largest absolute Gasteiger partial charge is 0.727 e. The third-order valence-electron chi connectivity index (χ3n) is 2.75. The van der Waals surface area contributed by atoms with Crippen LogP contribution >= 0.6 is 5.39 Å². The zero-order valence-corrected chi connectivity index (χ0v) is 13.1. The Hall–Kier alpha value is -0.800. The van der Waals surface area contributed by atoms with E-state index in [0.29, 0.717) is 6.54 Å². The second-order valence-corrected chi connectivity index (χ2v) is 9.99. The van der Waals surface area contributed by atoms with Crippen molar-refractivity contribution in [1.82, 2.24) is 5.09 Å². The highest BCUT2D eigenvalue weighted by Crippen LogP contribution is 2.37. The number of hydrogen-bond donors (Lipinski definition) is 1. The molecule has 5 heteroatoms. The van der Waals surface area contributed by atoms with E-state index in [-0.39, 0.29) is 0 Å². The highest BCUT2D eigenvalue weighted by atomic mass is 32.9. The van der Waals surface area contributed by atoms with E-state index in [1.54, 1.807) is 7.11 Å². The number of benzene rings is 2. The van der Waals surface area contributed by atoms with E-state index in [1.807, 2.05) is 42.5 Å². The molecule has 0 heterocycles. The van der Waals surface area contributed by atoms with E-state index in [4.69, 9.17) is 28.8 Å². The van der Waals surface area contributed by atoms with Crippen molar-refractivity contribution in [1.29, 1.82) is 0 Å². The zero-order valence-electron chi connectivity index (χ0n) is 10.6. The fourth-order valence-electron chi connectivity index (χ4n) is 1.66. The summed E-state index contributed by atoms with van der Waals surface area (Å²) in [7, 11) is 1.65. The normalized spacial score (nSPS) is 13.8. The Balaban J connectivity index is 2.07. The molecule has 0 aliphatic heterocycles. The third kappa shape index (κ3) is 4.08. The zero-order chi connectivity index (χ0) is 13.7. The van der Waals surface area contributed by atoms with Crippen LogP contribution in [0.25, 0.3) is 0 Å². The van der Waals surface area contributed by atoms with Gasteiger partial charge >= 0.3 is 0 Å². The maximum Gasteiger partial charge on any atom is 0.118 e. The van der Waals surface area contributed by atoms with Crippen LogP contribution in [0.15, 0.2) is 54.6 Å². The maximum absolute atomic E-state index is 5.56. The summed E-state index contributed by atoms with van der Waals surface area (Å²) in [6.07, 6.45) is 0. The van der Waals surface area contributed by atoms with Gasteiger partial charge in [-0.25, -0.2) is 0 Å². The summed E-state index contributed by atoms with van der Waals surface area (Å²) in [5, 5.41) is 2.19. The molecule has 0 amide bonds. The van der Waals surface area contributed by atoms with Gasteiger partial charge in [-0.05, 0) is 23.0 Å². The molecule has 0 aliphatic rings. The van der Waals surface area contributed by atoms with Crippen molar-refractivity contribution in [2.45, 2.75) is 6.54 Å². The predicted octanol–water partition coefficient (Wildman–Crippen LogP) is 2.97. The number of nitrogens with one attached hydrogen (secondary N) is 1. The number of methoxy groups -OCH3 is 1. The SMILES string of the molecule is COc1ccc(P(=S)([S-])NCc2ccccc2)cc1. The van der Waals surface area contributed by atoms with Crippen LogP contribution in [0.1, 0.15) is 5.56 Å². The van der Waals surface area contributed by atoms with E-state index in [1.165, 1.54) is 5.56 Å². The molecular formula is C14H15NOPS2-. The number of ether oxygens (including phenoxy) is 1. The van der Waals surface area contributed by atoms with Gasteiger partial charge in [0.25, 0.3) is 0 Å². The molecule has 2 aromatic carbocycles. The Morgan fingerprint density at radius 1 is 1.11 bits per heavy atom. The topological polar surface area (TPSA) is 21.3 Å². The first kappa shape index (κ1) is 14.6. The molecule has 2 nitrogen and oxygen atoms in total. The molecule has 100 valence electrons. The van der Waals surface area contributed by atoms with Crippen LogP contribution in [0.2, 0.25) is 0 Å². The van der Waals surface area contributed by atoms with Gasteiger partial charge in [0.05, 0.1) is 7.11 Å². The van der Waals surface area contributed by atoms with Gasteiger partial charge in [0.2, 0.25) is 0 Å². The molecule has 1 atom stereocenters. The van der Waals surface area contributed by atoms with Gasteiger partial charge in [0.15, 0.2) is 0 Å². The van der Waals surface area contributed by atoms with Crippen molar-refractivity contribution in [3.8, 4) is 5.75 Å². The highest BCUT2D eigenvalue weighted by molar-refractivity contribution is 8.57. The molecule has 0 aliphatic carbocycles. The second-order valence-electron chi connectivity index (χ2n) is 4.07. The molecule has 0 saturated heterocycles. The summed E-state index contributed by atoms with van der Waals surface area (Å²) < 4.78 is 5.14. The summed E-state index contributed by atoms with van der Waals surface area (Å²) in [4.78, 5) is 0. The average Bonchev–Trinajstić information content (AvgIpc) is 2.46. The Morgan fingerprint density at radius 2 is 1.74 bits per heavy atom. The monoisotopic (exact) mass is 308 g/mol. The van der Waals surface area contributed by atoms with Gasteiger partial charge in [-0.15, -0.1) is 11.8 Å². The van der Waals surface area contributed by atoms with Crippen molar-refractivity contribution < 1.29 is 4.74 Å².